The van der Waals surface area contributed by atoms with Gasteiger partial charge in [-0.15, -0.1) is 11.3 Å². The number of guanidine groups is 1. The number of nitrogens with one attached hydrogen (secondary N) is 1. The first-order valence-corrected chi connectivity index (χ1v) is 8.85. The van der Waals surface area contributed by atoms with E-state index in [1.807, 2.05) is 32.2 Å². The van der Waals surface area contributed by atoms with Gasteiger partial charge in [-0.05, 0) is 26.0 Å². The van der Waals surface area contributed by atoms with Crippen LogP contribution in [-0.2, 0) is 13.1 Å². The van der Waals surface area contributed by atoms with Gasteiger partial charge in [0.25, 0.3) is 0 Å². The molecule has 2 aromatic rings. The molecule has 1 aromatic carbocycles. The van der Waals surface area contributed by atoms with Gasteiger partial charge in [-0.3, -0.25) is 4.99 Å². The molecule has 0 atom stereocenters. The van der Waals surface area contributed by atoms with Crippen molar-refractivity contribution in [3.05, 3.63) is 39.3 Å². The maximum absolute atomic E-state index is 5.47. The van der Waals surface area contributed by atoms with Crippen molar-refractivity contribution in [1.29, 1.82) is 0 Å². The number of aromatic nitrogens is 1. The highest BCUT2D eigenvalue weighted by Crippen LogP contribution is 2.25. The molecule has 0 aliphatic rings. The molecular weight excluding hydrogens is 336 g/mol. The predicted molar refractivity (Wildman–Crippen MR) is 103 cm³/mol. The minimum atomic E-state index is 0.663. The fourth-order valence-corrected chi connectivity index (χ4v) is 3.34. The minimum Gasteiger partial charge on any atom is -0.497 e. The lowest BCUT2D eigenvalue weighted by atomic mass is 10.2. The van der Waals surface area contributed by atoms with E-state index in [9.17, 15) is 0 Å². The SMILES string of the molecule is CN=C(NCc1nc(C)c(C)s1)N(C)Cc1ccc(OC)cc1OC. The van der Waals surface area contributed by atoms with E-state index in [4.69, 9.17) is 9.47 Å². The topological polar surface area (TPSA) is 59.0 Å². The number of aliphatic imine (C=N–C) groups is 1. The van der Waals surface area contributed by atoms with Crippen molar-refractivity contribution in [1.82, 2.24) is 15.2 Å². The monoisotopic (exact) mass is 362 g/mol. The number of hydrogen-bond acceptors (Lipinski definition) is 5. The Morgan fingerprint density at radius 3 is 2.60 bits per heavy atom. The molecule has 0 amide bonds. The first-order valence-electron chi connectivity index (χ1n) is 8.04. The van der Waals surface area contributed by atoms with Gasteiger partial charge in [0.15, 0.2) is 5.96 Å². The normalized spacial score (nSPS) is 11.4. The second-order valence-corrected chi connectivity index (χ2v) is 6.97. The Kier molecular flexibility index (Phi) is 6.64. The zero-order valence-electron chi connectivity index (χ0n) is 15.7. The third-order valence-corrected chi connectivity index (χ3v) is 5.02. The van der Waals surface area contributed by atoms with Gasteiger partial charge in [-0.2, -0.15) is 0 Å². The minimum absolute atomic E-state index is 0.663. The number of rotatable bonds is 6. The van der Waals surface area contributed by atoms with Crippen molar-refractivity contribution in [2.24, 2.45) is 4.99 Å². The summed E-state index contributed by atoms with van der Waals surface area (Å²) in [6.07, 6.45) is 0. The van der Waals surface area contributed by atoms with Crippen LogP contribution in [0.15, 0.2) is 23.2 Å². The molecule has 7 heteroatoms. The smallest absolute Gasteiger partial charge is 0.194 e. The summed E-state index contributed by atoms with van der Waals surface area (Å²) in [5.74, 6) is 2.39. The molecule has 0 bridgehead atoms. The van der Waals surface area contributed by atoms with Gasteiger partial charge in [-0.25, -0.2) is 4.98 Å². The number of benzene rings is 1. The lowest BCUT2D eigenvalue weighted by Crippen LogP contribution is -2.38. The molecule has 0 saturated heterocycles. The third-order valence-electron chi connectivity index (χ3n) is 3.95. The summed E-state index contributed by atoms with van der Waals surface area (Å²) in [6, 6.07) is 5.83. The second-order valence-electron chi connectivity index (χ2n) is 5.68. The first-order chi connectivity index (χ1) is 12.0. The van der Waals surface area contributed by atoms with Crippen molar-refractivity contribution < 1.29 is 9.47 Å². The molecule has 0 aliphatic heterocycles. The van der Waals surface area contributed by atoms with Gasteiger partial charge in [0.2, 0.25) is 0 Å². The number of thiazole rings is 1. The maximum atomic E-state index is 5.47. The van der Waals surface area contributed by atoms with Crippen LogP contribution in [-0.4, -0.2) is 44.2 Å². The zero-order valence-corrected chi connectivity index (χ0v) is 16.5. The van der Waals surface area contributed by atoms with Gasteiger partial charge in [0.1, 0.15) is 16.5 Å². The average molecular weight is 362 g/mol. The van der Waals surface area contributed by atoms with E-state index < -0.39 is 0 Å². The quantitative estimate of drug-likeness (QED) is 0.632. The van der Waals surface area contributed by atoms with Crippen molar-refractivity contribution >= 4 is 17.3 Å². The van der Waals surface area contributed by atoms with E-state index in [-0.39, 0.29) is 0 Å². The second kappa shape index (κ2) is 8.71. The van der Waals surface area contributed by atoms with E-state index in [2.05, 4.69) is 27.1 Å². The largest absolute Gasteiger partial charge is 0.497 e. The van der Waals surface area contributed by atoms with Crippen LogP contribution < -0.4 is 14.8 Å². The summed E-state index contributed by atoms with van der Waals surface area (Å²) in [7, 11) is 7.09. The highest BCUT2D eigenvalue weighted by molar-refractivity contribution is 7.11. The van der Waals surface area contributed by atoms with Gasteiger partial charge < -0.3 is 19.7 Å². The molecule has 25 heavy (non-hydrogen) atoms. The Bertz CT molecular complexity index is 723. The maximum Gasteiger partial charge on any atom is 0.194 e. The highest BCUT2D eigenvalue weighted by Gasteiger charge is 2.12. The molecule has 0 fully saturated rings. The first kappa shape index (κ1) is 19.1. The van der Waals surface area contributed by atoms with Crippen LogP contribution in [0.4, 0.5) is 0 Å². The van der Waals surface area contributed by atoms with Gasteiger partial charge in [0, 0.05) is 37.1 Å². The van der Waals surface area contributed by atoms with Crippen molar-refractivity contribution in [2.45, 2.75) is 26.9 Å². The van der Waals surface area contributed by atoms with E-state index in [0.29, 0.717) is 13.1 Å². The molecule has 1 heterocycles. The predicted octanol–water partition coefficient (Wildman–Crippen LogP) is 2.98. The number of ether oxygens (including phenoxy) is 2. The van der Waals surface area contributed by atoms with Gasteiger partial charge >= 0.3 is 0 Å². The summed E-state index contributed by atoms with van der Waals surface area (Å²) in [6.45, 7) is 5.46. The molecule has 0 unspecified atom stereocenters. The number of hydrogen-bond donors (Lipinski definition) is 1. The van der Waals surface area contributed by atoms with E-state index in [0.717, 1.165) is 33.7 Å². The van der Waals surface area contributed by atoms with Crippen LogP contribution in [0, 0.1) is 13.8 Å². The number of methoxy groups -OCH3 is 2. The van der Waals surface area contributed by atoms with Gasteiger partial charge in [0.05, 0.1) is 26.5 Å². The summed E-state index contributed by atoms with van der Waals surface area (Å²) in [4.78, 5) is 12.2. The highest BCUT2D eigenvalue weighted by atomic mass is 32.1. The average Bonchev–Trinajstić information content (AvgIpc) is 2.93. The van der Waals surface area contributed by atoms with E-state index in [1.165, 1.54) is 4.88 Å². The molecule has 1 aromatic heterocycles. The molecule has 0 aliphatic carbocycles. The molecule has 136 valence electrons. The lowest BCUT2D eigenvalue weighted by Gasteiger charge is -2.23. The molecule has 0 radical (unpaired) electrons. The van der Waals surface area contributed by atoms with Crippen LogP contribution in [0.1, 0.15) is 21.1 Å². The lowest BCUT2D eigenvalue weighted by molar-refractivity contribution is 0.382. The van der Waals surface area contributed by atoms with Crippen LogP contribution in [0.5, 0.6) is 11.5 Å². The Morgan fingerprint density at radius 1 is 1.28 bits per heavy atom. The fraction of sp³-hybridized carbons (Fsp3) is 0.444. The Labute approximate surface area is 153 Å². The fourth-order valence-electron chi connectivity index (χ4n) is 2.47. The molecule has 2 rings (SSSR count). The number of aryl methyl sites for hydroxylation is 2. The van der Waals surface area contributed by atoms with Crippen LogP contribution in [0.25, 0.3) is 0 Å². The molecular formula is C18H26N4O2S. The molecule has 0 spiro atoms. The van der Waals surface area contributed by atoms with E-state index >= 15 is 0 Å². The van der Waals surface area contributed by atoms with Crippen LogP contribution in [0.2, 0.25) is 0 Å². The molecule has 0 saturated carbocycles. The summed E-state index contributed by atoms with van der Waals surface area (Å²) in [5, 5.41) is 4.43. The van der Waals surface area contributed by atoms with Crippen LogP contribution in [0.3, 0.4) is 0 Å². The summed E-state index contributed by atoms with van der Waals surface area (Å²) in [5.41, 5.74) is 2.16. The van der Waals surface area contributed by atoms with Crippen LogP contribution >= 0.6 is 11.3 Å². The number of nitrogens with zero attached hydrogens (tertiary/aromatic N) is 3. The summed E-state index contributed by atoms with van der Waals surface area (Å²) < 4.78 is 10.7. The Hall–Kier alpha value is -2.28. The van der Waals surface area contributed by atoms with Gasteiger partial charge in [-0.1, -0.05) is 0 Å². The Balaban J connectivity index is 2.03. The third kappa shape index (κ3) is 4.85. The van der Waals surface area contributed by atoms with E-state index in [1.54, 1.807) is 32.6 Å². The Morgan fingerprint density at radius 2 is 2.04 bits per heavy atom. The van der Waals surface area contributed by atoms with Crippen molar-refractivity contribution in [3.63, 3.8) is 0 Å². The van der Waals surface area contributed by atoms with Crippen molar-refractivity contribution in [2.75, 3.05) is 28.3 Å². The van der Waals surface area contributed by atoms with Crippen molar-refractivity contribution in [3.8, 4) is 11.5 Å². The zero-order chi connectivity index (χ0) is 18.4. The standard InChI is InChI=1S/C18H26N4O2S/c1-12-13(2)25-17(21-12)10-20-18(19-3)22(4)11-14-7-8-15(23-5)9-16(14)24-6/h7-9H,10-11H2,1-6H3,(H,19,20). The summed E-state index contributed by atoms with van der Waals surface area (Å²) >= 11 is 1.71. The molecule has 1 N–H and O–H groups in total. The molecule has 6 nitrogen and oxygen atoms in total.